The van der Waals surface area contributed by atoms with Gasteiger partial charge in [-0.1, -0.05) is 29.8 Å². The second kappa shape index (κ2) is 5.33. The van der Waals surface area contributed by atoms with Gasteiger partial charge in [0.2, 0.25) is 0 Å². The monoisotopic (exact) mass is 276 g/mol. The van der Waals surface area contributed by atoms with Crippen LogP contribution in [0.5, 0.6) is 5.75 Å². The number of aromatic hydroxyl groups is 1. The van der Waals surface area contributed by atoms with Gasteiger partial charge in [-0.3, -0.25) is 0 Å². The highest BCUT2D eigenvalue weighted by Gasteiger charge is 2.18. The van der Waals surface area contributed by atoms with Crippen molar-refractivity contribution >= 4 is 17.6 Å². The zero-order valence-electron chi connectivity index (χ0n) is 10.6. The maximum absolute atomic E-state index is 11.8. The third kappa shape index (κ3) is 2.71. The average Bonchev–Trinajstić information content (AvgIpc) is 2.38. The normalized spacial score (nSPS) is 10.3. The molecule has 0 saturated heterocycles. The number of ether oxygens (including phenoxy) is 1. The van der Waals surface area contributed by atoms with Crippen LogP contribution in [-0.4, -0.2) is 18.2 Å². The highest BCUT2D eigenvalue weighted by Crippen LogP contribution is 2.32. The molecule has 0 aliphatic rings. The Morgan fingerprint density at radius 3 is 2.42 bits per heavy atom. The molecule has 0 saturated carbocycles. The van der Waals surface area contributed by atoms with E-state index in [2.05, 4.69) is 0 Å². The molecule has 2 aromatic carbocycles. The van der Waals surface area contributed by atoms with Crippen LogP contribution in [0.2, 0.25) is 5.02 Å². The molecule has 2 rings (SSSR count). The second-order valence-corrected chi connectivity index (χ2v) is 4.64. The first-order chi connectivity index (χ1) is 9.02. The van der Waals surface area contributed by atoms with Crippen molar-refractivity contribution in [1.29, 1.82) is 0 Å². The Balaban J connectivity index is 2.67. The van der Waals surface area contributed by atoms with Gasteiger partial charge < -0.3 is 9.84 Å². The molecular weight excluding hydrogens is 264 g/mol. The molecule has 0 bridgehead atoms. The highest BCUT2D eigenvalue weighted by molar-refractivity contribution is 6.30. The number of phenolic OH excluding ortho intramolecular Hbond substituents is 1. The van der Waals surface area contributed by atoms with E-state index in [0.717, 1.165) is 11.1 Å². The van der Waals surface area contributed by atoms with Crippen LogP contribution in [0.4, 0.5) is 0 Å². The lowest BCUT2D eigenvalue weighted by Gasteiger charge is -2.11. The lowest BCUT2D eigenvalue weighted by Crippen LogP contribution is -2.04. The van der Waals surface area contributed by atoms with Crippen LogP contribution in [0.3, 0.4) is 0 Å². The molecule has 98 valence electrons. The molecule has 0 aliphatic heterocycles. The Morgan fingerprint density at radius 1 is 1.21 bits per heavy atom. The Morgan fingerprint density at radius 2 is 1.84 bits per heavy atom. The zero-order chi connectivity index (χ0) is 14.0. The summed E-state index contributed by atoms with van der Waals surface area (Å²) in [6.45, 7) is 1.85. The van der Waals surface area contributed by atoms with Crippen LogP contribution in [-0.2, 0) is 4.74 Å². The van der Waals surface area contributed by atoms with Crippen molar-refractivity contribution in [2.75, 3.05) is 7.11 Å². The van der Waals surface area contributed by atoms with Crippen molar-refractivity contribution in [2.24, 2.45) is 0 Å². The number of phenols is 1. The first-order valence-electron chi connectivity index (χ1n) is 5.71. The van der Waals surface area contributed by atoms with E-state index in [4.69, 9.17) is 16.3 Å². The summed E-state index contributed by atoms with van der Waals surface area (Å²) in [6.07, 6.45) is 0. The SMILES string of the molecule is COC(=O)c1c(O)cc(C)cc1-c1ccc(Cl)cc1. The molecule has 2 aromatic rings. The summed E-state index contributed by atoms with van der Waals surface area (Å²) in [5.74, 6) is -0.653. The topological polar surface area (TPSA) is 46.5 Å². The van der Waals surface area contributed by atoms with Crippen LogP contribution in [0.25, 0.3) is 11.1 Å². The number of esters is 1. The molecular formula is C15H13ClO3. The predicted molar refractivity (Wildman–Crippen MR) is 74.6 cm³/mol. The standard InChI is InChI=1S/C15H13ClO3/c1-9-7-12(10-3-5-11(16)6-4-10)14(13(17)8-9)15(18)19-2/h3-8,17H,1-2H3. The van der Waals surface area contributed by atoms with Crippen molar-refractivity contribution in [3.63, 3.8) is 0 Å². The fraction of sp³-hybridized carbons (Fsp3) is 0.133. The van der Waals surface area contributed by atoms with Gasteiger partial charge in [-0.15, -0.1) is 0 Å². The molecule has 0 radical (unpaired) electrons. The fourth-order valence-electron chi connectivity index (χ4n) is 1.94. The number of carbonyl (C=O) groups is 1. The molecule has 3 nitrogen and oxygen atoms in total. The Bertz CT molecular complexity index is 618. The zero-order valence-corrected chi connectivity index (χ0v) is 11.4. The van der Waals surface area contributed by atoms with Crippen molar-refractivity contribution in [3.05, 3.63) is 52.5 Å². The van der Waals surface area contributed by atoms with Gasteiger partial charge in [0, 0.05) is 10.6 Å². The van der Waals surface area contributed by atoms with E-state index < -0.39 is 5.97 Å². The van der Waals surface area contributed by atoms with E-state index >= 15 is 0 Å². The molecule has 0 atom stereocenters. The predicted octanol–water partition coefficient (Wildman–Crippen LogP) is 3.81. The highest BCUT2D eigenvalue weighted by atomic mass is 35.5. The number of rotatable bonds is 2. The molecule has 0 aliphatic carbocycles. The molecule has 0 amide bonds. The van der Waals surface area contributed by atoms with Crippen molar-refractivity contribution < 1.29 is 14.6 Å². The van der Waals surface area contributed by atoms with Gasteiger partial charge in [0.1, 0.15) is 11.3 Å². The number of methoxy groups -OCH3 is 1. The van der Waals surface area contributed by atoms with Crippen LogP contribution in [0.15, 0.2) is 36.4 Å². The van der Waals surface area contributed by atoms with Gasteiger partial charge in [0.05, 0.1) is 7.11 Å². The minimum absolute atomic E-state index is 0.0863. The Labute approximate surface area is 116 Å². The number of hydrogen-bond donors (Lipinski definition) is 1. The Kier molecular flexibility index (Phi) is 3.76. The summed E-state index contributed by atoms with van der Waals surface area (Å²) in [5.41, 5.74) is 2.44. The summed E-state index contributed by atoms with van der Waals surface area (Å²) in [6, 6.07) is 10.4. The van der Waals surface area contributed by atoms with E-state index in [1.165, 1.54) is 13.2 Å². The molecule has 0 heterocycles. The van der Waals surface area contributed by atoms with Gasteiger partial charge in [-0.05, 0) is 36.2 Å². The molecule has 0 aromatic heterocycles. The second-order valence-electron chi connectivity index (χ2n) is 4.21. The van der Waals surface area contributed by atoms with Crippen molar-refractivity contribution in [1.82, 2.24) is 0 Å². The minimum atomic E-state index is -0.567. The van der Waals surface area contributed by atoms with Gasteiger partial charge in [-0.25, -0.2) is 4.79 Å². The van der Waals surface area contributed by atoms with Gasteiger partial charge in [-0.2, -0.15) is 0 Å². The summed E-state index contributed by atoms with van der Waals surface area (Å²) in [4.78, 5) is 11.8. The lowest BCUT2D eigenvalue weighted by atomic mass is 9.96. The van der Waals surface area contributed by atoms with Crippen molar-refractivity contribution in [3.8, 4) is 16.9 Å². The molecule has 0 spiro atoms. The quantitative estimate of drug-likeness (QED) is 0.849. The smallest absolute Gasteiger partial charge is 0.342 e. The van der Waals surface area contributed by atoms with Crippen LogP contribution >= 0.6 is 11.6 Å². The van der Waals surface area contributed by atoms with Crippen LogP contribution in [0.1, 0.15) is 15.9 Å². The van der Waals surface area contributed by atoms with Crippen LogP contribution in [0, 0.1) is 6.92 Å². The average molecular weight is 277 g/mol. The number of benzene rings is 2. The van der Waals surface area contributed by atoms with E-state index in [9.17, 15) is 9.90 Å². The minimum Gasteiger partial charge on any atom is -0.507 e. The van der Waals surface area contributed by atoms with Gasteiger partial charge in [0.25, 0.3) is 0 Å². The first kappa shape index (κ1) is 13.4. The first-order valence-corrected chi connectivity index (χ1v) is 6.08. The Hall–Kier alpha value is -2.00. The molecule has 1 N–H and O–H groups in total. The summed E-state index contributed by atoms with van der Waals surface area (Å²) in [7, 11) is 1.28. The van der Waals surface area contributed by atoms with E-state index in [-0.39, 0.29) is 11.3 Å². The third-order valence-corrected chi connectivity index (χ3v) is 3.06. The summed E-state index contributed by atoms with van der Waals surface area (Å²) >= 11 is 5.85. The van der Waals surface area contributed by atoms with E-state index in [0.29, 0.717) is 10.6 Å². The van der Waals surface area contributed by atoms with E-state index in [1.54, 1.807) is 24.3 Å². The fourth-order valence-corrected chi connectivity index (χ4v) is 2.07. The van der Waals surface area contributed by atoms with Gasteiger partial charge in [0.15, 0.2) is 0 Å². The van der Waals surface area contributed by atoms with Crippen LogP contribution < -0.4 is 0 Å². The van der Waals surface area contributed by atoms with Gasteiger partial charge >= 0.3 is 5.97 Å². The molecule has 0 unspecified atom stereocenters. The van der Waals surface area contributed by atoms with Crippen molar-refractivity contribution in [2.45, 2.75) is 6.92 Å². The lowest BCUT2D eigenvalue weighted by molar-refractivity contribution is 0.0598. The molecule has 19 heavy (non-hydrogen) atoms. The largest absolute Gasteiger partial charge is 0.507 e. The molecule has 0 fully saturated rings. The number of carbonyl (C=O) groups excluding carboxylic acids is 1. The number of aryl methyl sites for hydroxylation is 1. The number of halogens is 1. The summed E-state index contributed by atoms with van der Waals surface area (Å²) in [5, 5.41) is 10.6. The summed E-state index contributed by atoms with van der Waals surface area (Å²) < 4.78 is 4.72. The maximum Gasteiger partial charge on any atom is 0.342 e. The third-order valence-electron chi connectivity index (χ3n) is 2.81. The maximum atomic E-state index is 11.8. The molecule has 4 heteroatoms. The van der Waals surface area contributed by atoms with E-state index in [1.807, 2.05) is 13.0 Å². The number of hydrogen-bond acceptors (Lipinski definition) is 3.